The Morgan fingerprint density at radius 1 is 1.25 bits per heavy atom. The number of carbonyl (C=O) groups is 1. The second-order valence-electron chi connectivity index (χ2n) is 4.77. The first-order valence-electron chi connectivity index (χ1n) is 6.23. The van der Waals surface area contributed by atoms with E-state index in [9.17, 15) is 9.18 Å². The molecule has 104 valence electrons. The Kier molecular flexibility index (Phi) is 4.55. The molecule has 0 fully saturated rings. The third-order valence-corrected chi connectivity index (χ3v) is 3.50. The summed E-state index contributed by atoms with van der Waals surface area (Å²) in [5.74, 6) is -0.798. The van der Waals surface area contributed by atoms with Gasteiger partial charge in [0.25, 0.3) is 5.91 Å². The molecule has 2 aromatic carbocycles. The molecule has 2 nitrogen and oxygen atoms in total. The van der Waals surface area contributed by atoms with Crippen molar-refractivity contribution in [3.63, 3.8) is 0 Å². The Labute approximate surface area is 126 Å². The van der Waals surface area contributed by atoms with Gasteiger partial charge < -0.3 is 4.90 Å². The zero-order chi connectivity index (χ0) is 14.7. The SMILES string of the molecule is Cc1ccc(F)c(C(=O)N(C)Cc2cccc(Br)c2)c1. The maximum Gasteiger partial charge on any atom is 0.256 e. The number of benzene rings is 2. The molecule has 0 heterocycles. The number of hydrogen-bond donors (Lipinski definition) is 0. The number of aryl methyl sites for hydroxylation is 1. The van der Waals surface area contributed by atoms with Gasteiger partial charge in [-0.05, 0) is 36.8 Å². The third kappa shape index (κ3) is 3.45. The fourth-order valence-electron chi connectivity index (χ4n) is 1.99. The van der Waals surface area contributed by atoms with Crippen LogP contribution in [-0.2, 0) is 6.54 Å². The number of halogens is 2. The van der Waals surface area contributed by atoms with Gasteiger partial charge in [-0.2, -0.15) is 0 Å². The van der Waals surface area contributed by atoms with Gasteiger partial charge in [-0.3, -0.25) is 4.79 Å². The van der Waals surface area contributed by atoms with Crippen molar-refractivity contribution >= 4 is 21.8 Å². The molecule has 2 rings (SSSR count). The maximum absolute atomic E-state index is 13.7. The highest BCUT2D eigenvalue weighted by Crippen LogP contribution is 2.16. The molecule has 0 radical (unpaired) electrons. The summed E-state index contributed by atoms with van der Waals surface area (Å²) in [6, 6.07) is 12.3. The molecule has 0 saturated heterocycles. The van der Waals surface area contributed by atoms with E-state index in [1.165, 1.54) is 11.0 Å². The Hall–Kier alpha value is -1.68. The highest BCUT2D eigenvalue weighted by atomic mass is 79.9. The van der Waals surface area contributed by atoms with Crippen LogP contribution in [0.15, 0.2) is 46.9 Å². The van der Waals surface area contributed by atoms with Crippen LogP contribution >= 0.6 is 15.9 Å². The largest absolute Gasteiger partial charge is 0.337 e. The molecule has 1 amide bonds. The molecule has 2 aromatic rings. The summed E-state index contributed by atoms with van der Waals surface area (Å²) in [4.78, 5) is 13.8. The summed E-state index contributed by atoms with van der Waals surface area (Å²) in [6.07, 6.45) is 0. The van der Waals surface area contributed by atoms with Gasteiger partial charge >= 0.3 is 0 Å². The molecule has 0 atom stereocenters. The van der Waals surface area contributed by atoms with Crippen LogP contribution in [0, 0.1) is 12.7 Å². The molecule has 0 aromatic heterocycles. The van der Waals surface area contributed by atoms with Gasteiger partial charge in [0.15, 0.2) is 0 Å². The summed E-state index contributed by atoms with van der Waals surface area (Å²) in [5.41, 5.74) is 1.97. The molecule has 4 heteroatoms. The molecule has 0 aliphatic carbocycles. The number of rotatable bonds is 3. The third-order valence-electron chi connectivity index (χ3n) is 3.01. The average molecular weight is 336 g/mol. The van der Waals surface area contributed by atoms with Crippen molar-refractivity contribution in [2.24, 2.45) is 0 Å². The second kappa shape index (κ2) is 6.18. The zero-order valence-electron chi connectivity index (χ0n) is 11.4. The number of nitrogens with zero attached hydrogens (tertiary/aromatic N) is 1. The van der Waals surface area contributed by atoms with Crippen molar-refractivity contribution in [3.8, 4) is 0 Å². The van der Waals surface area contributed by atoms with Gasteiger partial charge in [0.2, 0.25) is 0 Å². The summed E-state index contributed by atoms with van der Waals surface area (Å²) in [6.45, 7) is 2.27. The Balaban J connectivity index is 2.18. The molecule has 0 spiro atoms. The first kappa shape index (κ1) is 14.7. The van der Waals surface area contributed by atoms with Crippen molar-refractivity contribution in [2.75, 3.05) is 7.05 Å². The van der Waals surface area contributed by atoms with E-state index in [0.717, 1.165) is 15.6 Å². The molecule has 0 aliphatic rings. The fraction of sp³-hybridized carbons (Fsp3) is 0.188. The minimum atomic E-state index is -0.485. The zero-order valence-corrected chi connectivity index (χ0v) is 12.9. The van der Waals surface area contributed by atoms with E-state index in [4.69, 9.17) is 0 Å². The summed E-state index contributed by atoms with van der Waals surface area (Å²) < 4.78 is 14.7. The smallest absolute Gasteiger partial charge is 0.256 e. The highest BCUT2D eigenvalue weighted by Gasteiger charge is 2.16. The number of carbonyl (C=O) groups excluding carboxylic acids is 1. The molecular formula is C16H15BrFNO. The lowest BCUT2D eigenvalue weighted by Gasteiger charge is -2.18. The van der Waals surface area contributed by atoms with Gasteiger partial charge in [0.1, 0.15) is 5.82 Å². The topological polar surface area (TPSA) is 20.3 Å². The van der Waals surface area contributed by atoms with Gasteiger partial charge in [-0.25, -0.2) is 4.39 Å². The molecule has 0 N–H and O–H groups in total. The Morgan fingerprint density at radius 2 is 2.00 bits per heavy atom. The van der Waals surface area contributed by atoms with Crippen LogP contribution in [-0.4, -0.2) is 17.9 Å². The lowest BCUT2D eigenvalue weighted by Crippen LogP contribution is -2.27. The van der Waals surface area contributed by atoms with Crippen LogP contribution in [0.4, 0.5) is 4.39 Å². The maximum atomic E-state index is 13.7. The number of amides is 1. The molecule has 0 aliphatic heterocycles. The van der Waals surface area contributed by atoms with Crippen molar-refractivity contribution in [3.05, 3.63) is 69.4 Å². The van der Waals surface area contributed by atoms with Crippen molar-refractivity contribution < 1.29 is 9.18 Å². The van der Waals surface area contributed by atoms with Gasteiger partial charge in [-0.15, -0.1) is 0 Å². The van der Waals surface area contributed by atoms with Gasteiger partial charge in [0, 0.05) is 18.1 Å². The van der Waals surface area contributed by atoms with Gasteiger partial charge in [0.05, 0.1) is 5.56 Å². The van der Waals surface area contributed by atoms with Crippen LogP contribution in [0.1, 0.15) is 21.5 Å². The lowest BCUT2D eigenvalue weighted by atomic mass is 10.1. The minimum absolute atomic E-state index is 0.113. The van der Waals surface area contributed by atoms with Crippen molar-refractivity contribution in [2.45, 2.75) is 13.5 Å². The Bertz CT molecular complexity index is 642. The van der Waals surface area contributed by atoms with E-state index in [1.807, 2.05) is 31.2 Å². The van der Waals surface area contributed by atoms with Crippen LogP contribution in [0.25, 0.3) is 0 Å². The Morgan fingerprint density at radius 3 is 2.70 bits per heavy atom. The summed E-state index contributed by atoms with van der Waals surface area (Å²) in [7, 11) is 1.67. The standard InChI is InChI=1S/C16H15BrFNO/c1-11-6-7-15(18)14(8-11)16(20)19(2)10-12-4-3-5-13(17)9-12/h3-9H,10H2,1-2H3. The van der Waals surface area contributed by atoms with E-state index in [-0.39, 0.29) is 11.5 Å². The molecule has 0 unspecified atom stereocenters. The molecule has 0 saturated carbocycles. The lowest BCUT2D eigenvalue weighted by molar-refractivity contribution is 0.0780. The monoisotopic (exact) mass is 335 g/mol. The van der Waals surface area contributed by atoms with Crippen LogP contribution in [0.5, 0.6) is 0 Å². The van der Waals surface area contributed by atoms with Crippen molar-refractivity contribution in [1.29, 1.82) is 0 Å². The average Bonchev–Trinajstić information content (AvgIpc) is 2.40. The van der Waals surface area contributed by atoms with Crippen molar-refractivity contribution in [1.82, 2.24) is 4.90 Å². The van der Waals surface area contributed by atoms with Crippen LogP contribution in [0.3, 0.4) is 0 Å². The van der Waals surface area contributed by atoms with Gasteiger partial charge in [-0.1, -0.05) is 39.7 Å². The molecular weight excluding hydrogens is 321 g/mol. The quantitative estimate of drug-likeness (QED) is 0.824. The van der Waals surface area contributed by atoms with Crippen LogP contribution in [0.2, 0.25) is 0 Å². The first-order chi connectivity index (χ1) is 9.47. The van der Waals surface area contributed by atoms with E-state index in [0.29, 0.717) is 6.54 Å². The number of hydrogen-bond acceptors (Lipinski definition) is 1. The predicted molar refractivity (Wildman–Crippen MR) is 81.1 cm³/mol. The molecule has 0 bridgehead atoms. The summed E-state index contributed by atoms with van der Waals surface area (Å²) >= 11 is 3.39. The summed E-state index contributed by atoms with van der Waals surface area (Å²) in [5, 5.41) is 0. The minimum Gasteiger partial charge on any atom is -0.337 e. The highest BCUT2D eigenvalue weighted by molar-refractivity contribution is 9.10. The van der Waals surface area contributed by atoms with Crippen LogP contribution < -0.4 is 0 Å². The fourth-order valence-corrected chi connectivity index (χ4v) is 2.44. The first-order valence-corrected chi connectivity index (χ1v) is 7.03. The van der Waals surface area contributed by atoms with E-state index in [1.54, 1.807) is 19.2 Å². The van der Waals surface area contributed by atoms with E-state index in [2.05, 4.69) is 15.9 Å². The second-order valence-corrected chi connectivity index (χ2v) is 5.69. The molecule has 20 heavy (non-hydrogen) atoms. The van der Waals surface area contributed by atoms with E-state index >= 15 is 0 Å². The normalized spacial score (nSPS) is 10.4. The van der Waals surface area contributed by atoms with E-state index < -0.39 is 5.82 Å². The predicted octanol–water partition coefficient (Wildman–Crippen LogP) is 4.17.